The lowest BCUT2D eigenvalue weighted by atomic mass is 10.2. The number of amides is 1. The fourth-order valence-corrected chi connectivity index (χ4v) is 3.53. The van der Waals surface area contributed by atoms with Gasteiger partial charge >= 0.3 is 0 Å². The summed E-state index contributed by atoms with van der Waals surface area (Å²) in [6.45, 7) is 1.36. The van der Waals surface area contributed by atoms with E-state index in [1.165, 1.54) is 31.2 Å². The van der Waals surface area contributed by atoms with E-state index in [2.05, 4.69) is 20.2 Å². The minimum atomic E-state index is -3.75. The molecule has 0 unspecified atom stereocenters. The van der Waals surface area contributed by atoms with Crippen molar-refractivity contribution >= 4 is 38.3 Å². The number of ketones is 1. The molecule has 0 fully saturated rings. The van der Waals surface area contributed by atoms with Gasteiger partial charge in [0.15, 0.2) is 5.78 Å². The summed E-state index contributed by atoms with van der Waals surface area (Å²) in [7, 11) is -3.75. The number of hydrogen-bond donors (Lipinski definition) is 3. The molecule has 0 atom stereocenters. The van der Waals surface area contributed by atoms with Gasteiger partial charge in [0.25, 0.3) is 0 Å². The smallest absolute Gasteiger partial charge is 0.240 e. The van der Waals surface area contributed by atoms with Gasteiger partial charge in [0.2, 0.25) is 15.9 Å². The third-order valence-corrected chi connectivity index (χ3v) is 5.42. The molecule has 3 rings (SSSR count). The summed E-state index contributed by atoms with van der Waals surface area (Å²) in [5.74, 6) is -0.454. The first-order chi connectivity index (χ1) is 12.8. The fraction of sp³-hybridized carbons (Fsp3) is 0.167. The summed E-state index contributed by atoms with van der Waals surface area (Å²) in [5.41, 5.74) is 1.90. The van der Waals surface area contributed by atoms with Crippen LogP contribution in [0, 0.1) is 0 Å². The Morgan fingerprint density at radius 1 is 1.11 bits per heavy atom. The van der Waals surface area contributed by atoms with E-state index in [0.717, 1.165) is 10.9 Å². The van der Waals surface area contributed by atoms with Crippen LogP contribution in [0.3, 0.4) is 0 Å². The summed E-state index contributed by atoms with van der Waals surface area (Å²) in [4.78, 5) is 23.3. The van der Waals surface area contributed by atoms with E-state index in [4.69, 9.17) is 0 Å². The van der Waals surface area contributed by atoms with Gasteiger partial charge in [0.1, 0.15) is 0 Å². The number of aromatic nitrogens is 2. The normalized spacial score (nSPS) is 11.4. The molecule has 1 heterocycles. The Morgan fingerprint density at radius 2 is 1.85 bits per heavy atom. The van der Waals surface area contributed by atoms with Crippen LogP contribution in [0.25, 0.3) is 10.9 Å². The maximum atomic E-state index is 12.2. The SMILES string of the molecule is CC(=O)c1ccc(S(=O)(=O)NCCC(=O)Nc2ccc3[nH]ncc3c2)cc1. The molecule has 0 saturated carbocycles. The second-order valence-electron chi connectivity index (χ2n) is 5.95. The van der Waals surface area contributed by atoms with Gasteiger partial charge in [-0.3, -0.25) is 14.7 Å². The number of anilines is 1. The molecule has 8 nitrogen and oxygen atoms in total. The highest BCUT2D eigenvalue weighted by molar-refractivity contribution is 7.89. The molecule has 0 saturated heterocycles. The minimum absolute atomic E-state index is 0.0197. The van der Waals surface area contributed by atoms with Crippen LogP contribution in [0.5, 0.6) is 0 Å². The zero-order chi connectivity index (χ0) is 19.4. The predicted octanol–water partition coefficient (Wildman–Crippen LogP) is 2.07. The molecule has 0 aliphatic carbocycles. The van der Waals surface area contributed by atoms with E-state index in [-0.39, 0.29) is 29.6 Å². The van der Waals surface area contributed by atoms with Crippen molar-refractivity contribution in [1.82, 2.24) is 14.9 Å². The number of nitrogens with zero attached hydrogens (tertiary/aromatic N) is 1. The van der Waals surface area contributed by atoms with Gasteiger partial charge in [-0.25, -0.2) is 13.1 Å². The van der Waals surface area contributed by atoms with E-state index in [1.54, 1.807) is 24.4 Å². The van der Waals surface area contributed by atoms with Crippen LogP contribution in [-0.4, -0.2) is 36.9 Å². The van der Waals surface area contributed by atoms with Crippen LogP contribution in [0.1, 0.15) is 23.7 Å². The number of Topliss-reactive ketones (excluding diaryl/α,β-unsaturated/α-hetero) is 1. The molecule has 1 amide bonds. The standard InChI is InChI=1S/C18H18N4O4S/c1-12(23)13-2-5-16(6-3-13)27(25,26)20-9-8-18(24)21-15-4-7-17-14(10-15)11-19-22-17/h2-7,10-11,20H,8-9H2,1H3,(H,19,22)(H,21,24). The fourth-order valence-electron chi connectivity index (χ4n) is 2.50. The Hall–Kier alpha value is -3.04. The summed E-state index contributed by atoms with van der Waals surface area (Å²) in [5, 5.41) is 10.3. The molecular weight excluding hydrogens is 368 g/mol. The van der Waals surface area contributed by atoms with Crippen LogP contribution in [0.2, 0.25) is 0 Å². The molecular formula is C18H18N4O4S. The molecule has 0 aliphatic heterocycles. The van der Waals surface area contributed by atoms with Gasteiger partial charge in [-0.05, 0) is 37.3 Å². The monoisotopic (exact) mass is 386 g/mol. The van der Waals surface area contributed by atoms with Crippen LogP contribution < -0.4 is 10.0 Å². The molecule has 0 radical (unpaired) electrons. The molecule has 1 aromatic heterocycles. The number of benzene rings is 2. The summed E-state index contributed by atoms with van der Waals surface area (Å²) >= 11 is 0. The number of H-pyrrole nitrogens is 1. The quantitative estimate of drug-likeness (QED) is 0.537. The van der Waals surface area contributed by atoms with Gasteiger partial charge in [-0.2, -0.15) is 5.10 Å². The Kier molecular flexibility index (Phi) is 5.33. The maximum Gasteiger partial charge on any atom is 0.240 e. The van der Waals surface area contributed by atoms with Crippen molar-refractivity contribution in [2.24, 2.45) is 0 Å². The number of fused-ring (bicyclic) bond motifs is 1. The Labute approximate surface area is 156 Å². The maximum absolute atomic E-state index is 12.2. The first-order valence-corrected chi connectivity index (χ1v) is 9.67. The number of carbonyl (C=O) groups is 2. The van der Waals surface area contributed by atoms with E-state index < -0.39 is 10.0 Å². The molecule has 0 aliphatic rings. The number of aromatic amines is 1. The van der Waals surface area contributed by atoms with Crippen molar-refractivity contribution in [3.05, 3.63) is 54.2 Å². The zero-order valence-corrected chi connectivity index (χ0v) is 15.3. The van der Waals surface area contributed by atoms with Crippen LogP contribution in [-0.2, 0) is 14.8 Å². The van der Waals surface area contributed by atoms with Crippen molar-refractivity contribution in [2.45, 2.75) is 18.2 Å². The first-order valence-electron chi connectivity index (χ1n) is 8.19. The number of rotatable bonds is 7. The average Bonchev–Trinajstić information content (AvgIpc) is 3.09. The van der Waals surface area contributed by atoms with Gasteiger partial charge < -0.3 is 5.32 Å². The molecule has 2 aromatic carbocycles. The molecule has 140 valence electrons. The largest absolute Gasteiger partial charge is 0.326 e. The van der Waals surface area contributed by atoms with E-state index in [9.17, 15) is 18.0 Å². The molecule has 3 N–H and O–H groups in total. The molecule has 3 aromatic rings. The van der Waals surface area contributed by atoms with Gasteiger partial charge in [-0.15, -0.1) is 0 Å². The van der Waals surface area contributed by atoms with Gasteiger partial charge in [0.05, 0.1) is 16.6 Å². The topological polar surface area (TPSA) is 121 Å². The van der Waals surface area contributed by atoms with Crippen molar-refractivity contribution in [2.75, 3.05) is 11.9 Å². The Bertz CT molecular complexity index is 1090. The number of carbonyl (C=O) groups excluding carboxylic acids is 2. The average molecular weight is 386 g/mol. The minimum Gasteiger partial charge on any atom is -0.326 e. The second kappa shape index (κ2) is 7.68. The number of nitrogens with one attached hydrogen (secondary N) is 3. The van der Waals surface area contributed by atoms with Gasteiger partial charge in [-0.1, -0.05) is 12.1 Å². The van der Waals surface area contributed by atoms with Gasteiger partial charge in [0, 0.05) is 29.6 Å². The number of sulfonamides is 1. The molecule has 0 bridgehead atoms. The van der Waals surface area contributed by atoms with Crippen LogP contribution >= 0.6 is 0 Å². The number of hydrogen-bond acceptors (Lipinski definition) is 5. The van der Waals surface area contributed by atoms with Crippen molar-refractivity contribution in [1.29, 1.82) is 0 Å². The highest BCUT2D eigenvalue weighted by atomic mass is 32.2. The summed E-state index contributed by atoms with van der Waals surface area (Å²) < 4.78 is 26.8. The Morgan fingerprint density at radius 3 is 2.56 bits per heavy atom. The molecule has 27 heavy (non-hydrogen) atoms. The van der Waals surface area contributed by atoms with Crippen molar-refractivity contribution in [3.8, 4) is 0 Å². The highest BCUT2D eigenvalue weighted by Gasteiger charge is 2.14. The van der Waals surface area contributed by atoms with E-state index in [0.29, 0.717) is 11.3 Å². The van der Waals surface area contributed by atoms with Crippen molar-refractivity contribution < 1.29 is 18.0 Å². The summed E-state index contributed by atoms with van der Waals surface area (Å²) in [6.07, 6.45) is 1.63. The van der Waals surface area contributed by atoms with E-state index >= 15 is 0 Å². The lowest BCUT2D eigenvalue weighted by molar-refractivity contribution is -0.116. The highest BCUT2D eigenvalue weighted by Crippen LogP contribution is 2.17. The van der Waals surface area contributed by atoms with E-state index in [1.807, 2.05) is 0 Å². The second-order valence-corrected chi connectivity index (χ2v) is 7.72. The van der Waals surface area contributed by atoms with Crippen LogP contribution in [0.15, 0.2) is 53.6 Å². The van der Waals surface area contributed by atoms with Crippen molar-refractivity contribution in [3.63, 3.8) is 0 Å². The zero-order valence-electron chi connectivity index (χ0n) is 14.5. The summed E-state index contributed by atoms with van der Waals surface area (Å²) in [6, 6.07) is 10.9. The molecule has 0 spiro atoms. The molecule has 9 heteroatoms. The Balaban J connectivity index is 1.54. The third-order valence-electron chi connectivity index (χ3n) is 3.94. The lowest BCUT2D eigenvalue weighted by Crippen LogP contribution is -2.27. The first kappa shape index (κ1) is 18.7. The lowest BCUT2D eigenvalue weighted by Gasteiger charge is -2.08. The third kappa shape index (κ3) is 4.57. The predicted molar refractivity (Wildman–Crippen MR) is 101 cm³/mol. The van der Waals surface area contributed by atoms with Crippen LogP contribution in [0.4, 0.5) is 5.69 Å².